The number of alkyl halides is 1. The van der Waals surface area contributed by atoms with Crippen LogP contribution in [0.2, 0.25) is 0 Å². The lowest BCUT2D eigenvalue weighted by Crippen LogP contribution is -2.54. The highest BCUT2D eigenvalue weighted by molar-refractivity contribution is 5.84. The number of carbonyl (C=O) groups excluding carboxylic acids is 1. The molecule has 1 amide bonds. The summed E-state index contributed by atoms with van der Waals surface area (Å²) in [6, 6.07) is 6.02. The number of hydrogen-bond acceptors (Lipinski definition) is 6. The molecule has 1 unspecified atom stereocenters. The second kappa shape index (κ2) is 12.3. The fourth-order valence-corrected chi connectivity index (χ4v) is 6.40. The van der Waals surface area contributed by atoms with Crippen molar-refractivity contribution in [3.63, 3.8) is 0 Å². The third-order valence-corrected chi connectivity index (χ3v) is 8.49. The summed E-state index contributed by atoms with van der Waals surface area (Å²) in [4.78, 5) is 25.4. The molecule has 3 aromatic rings. The molecule has 2 fully saturated rings. The van der Waals surface area contributed by atoms with E-state index in [0.717, 1.165) is 29.3 Å². The van der Waals surface area contributed by atoms with Gasteiger partial charge in [0, 0.05) is 41.4 Å². The van der Waals surface area contributed by atoms with Gasteiger partial charge in [-0.15, -0.1) is 0 Å². The normalized spacial score (nSPS) is 22.1. The van der Waals surface area contributed by atoms with Gasteiger partial charge in [0.2, 0.25) is 0 Å². The van der Waals surface area contributed by atoms with E-state index in [4.69, 9.17) is 14.8 Å². The average Bonchev–Trinajstić information content (AvgIpc) is 3.60. The standard InChI is InChI=1S/C34H41F3N6O2/c1-8-25(21-18-39-43(19-21)24-13-14-42(34(5,6)17-24)32(44)45-33(2,3)4)31-28(38-7)11-12-30(40-31)41-20-23(36)16-29(41)26-15-22(35)9-10-27(26)37/h8-12,15,18-19,23-24,29H,7,13-14,16-17,20H2,1-6H3/b25-8-/t23-,24?,29+/m0/s1. The summed E-state index contributed by atoms with van der Waals surface area (Å²) in [7, 11) is 0. The van der Waals surface area contributed by atoms with Crippen molar-refractivity contribution >= 4 is 29.9 Å². The fraction of sp³-hybridized carbons (Fsp3) is 0.471. The van der Waals surface area contributed by atoms with Gasteiger partial charge < -0.3 is 14.5 Å². The van der Waals surface area contributed by atoms with Crippen molar-refractivity contribution in [3.8, 4) is 0 Å². The SMILES string of the molecule is C=Nc1ccc(N2C[C@@H](F)C[C@@H]2c2cc(F)ccc2F)nc1/C(=C\C)c1cnn(C2CCN(C(=O)OC(C)(C)C)C(C)(C)C2)c1. The molecule has 11 heteroatoms. The number of nitrogens with zero attached hydrogens (tertiary/aromatic N) is 6. The second-order valence-corrected chi connectivity index (χ2v) is 13.4. The zero-order chi connectivity index (χ0) is 32.7. The fourth-order valence-electron chi connectivity index (χ4n) is 6.40. The predicted octanol–water partition coefficient (Wildman–Crippen LogP) is 7.98. The van der Waals surface area contributed by atoms with Crippen LogP contribution in [0, 0.1) is 11.6 Å². The summed E-state index contributed by atoms with van der Waals surface area (Å²) in [6.45, 7) is 15.8. The molecular weight excluding hydrogens is 581 g/mol. The van der Waals surface area contributed by atoms with Crippen LogP contribution in [0.25, 0.3) is 5.57 Å². The number of hydrogen-bond donors (Lipinski definition) is 0. The Balaban J connectivity index is 1.41. The summed E-state index contributed by atoms with van der Waals surface area (Å²) < 4.78 is 51.2. The Bertz CT molecular complexity index is 1610. The number of carbonyl (C=O) groups is 1. The van der Waals surface area contributed by atoms with E-state index in [2.05, 4.69) is 11.7 Å². The number of aromatic nitrogens is 3. The summed E-state index contributed by atoms with van der Waals surface area (Å²) in [5.74, 6) is -0.749. The molecule has 2 aromatic heterocycles. The van der Waals surface area contributed by atoms with Crippen molar-refractivity contribution in [2.24, 2.45) is 4.99 Å². The number of likely N-dealkylation sites (tertiary alicyclic amines) is 1. The molecule has 8 nitrogen and oxygen atoms in total. The van der Waals surface area contributed by atoms with Crippen LogP contribution in [0.4, 0.5) is 29.5 Å². The first-order valence-electron chi connectivity index (χ1n) is 15.3. The lowest BCUT2D eigenvalue weighted by Gasteiger charge is -2.45. The highest BCUT2D eigenvalue weighted by Gasteiger charge is 2.41. The molecule has 4 heterocycles. The van der Waals surface area contributed by atoms with Crippen LogP contribution in [0.15, 0.2) is 53.8 Å². The Kier molecular flexibility index (Phi) is 8.83. The maximum absolute atomic E-state index is 14.8. The van der Waals surface area contributed by atoms with E-state index in [1.807, 2.05) is 58.5 Å². The molecule has 1 aromatic carbocycles. The number of allylic oxidation sites excluding steroid dienone is 1. The van der Waals surface area contributed by atoms with Gasteiger partial charge in [-0.3, -0.25) is 9.67 Å². The Morgan fingerprint density at radius 2 is 1.96 bits per heavy atom. The van der Waals surface area contributed by atoms with Crippen LogP contribution in [0.5, 0.6) is 0 Å². The van der Waals surface area contributed by atoms with Gasteiger partial charge in [0.25, 0.3) is 0 Å². The molecule has 45 heavy (non-hydrogen) atoms. The zero-order valence-electron chi connectivity index (χ0n) is 26.7. The second-order valence-electron chi connectivity index (χ2n) is 13.4. The maximum Gasteiger partial charge on any atom is 0.410 e. The number of aliphatic imine (C=N–C) groups is 1. The number of halogens is 3. The third kappa shape index (κ3) is 6.77. The molecule has 240 valence electrons. The number of piperidine rings is 1. The Labute approximate surface area is 262 Å². The quantitative estimate of drug-likeness (QED) is 0.261. The van der Waals surface area contributed by atoms with E-state index in [1.165, 1.54) is 0 Å². The van der Waals surface area contributed by atoms with Crippen molar-refractivity contribution in [2.75, 3.05) is 18.0 Å². The van der Waals surface area contributed by atoms with Gasteiger partial charge in [0.1, 0.15) is 29.2 Å². The number of benzene rings is 1. The number of ether oxygens (including phenoxy) is 1. The Hall–Kier alpha value is -4.15. The maximum atomic E-state index is 14.8. The van der Waals surface area contributed by atoms with Crippen molar-refractivity contribution in [1.82, 2.24) is 19.7 Å². The van der Waals surface area contributed by atoms with Crippen LogP contribution in [-0.4, -0.2) is 62.9 Å². The summed E-state index contributed by atoms with van der Waals surface area (Å²) in [5, 5.41) is 4.69. The van der Waals surface area contributed by atoms with Crippen LogP contribution in [0.1, 0.15) is 89.7 Å². The van der Waals surface area contributed by atoms with Gasteiger partial charge in [-0.1, -0.05) is 6.08 Å². The van der Waals surface area contributed by atoms with E-state index in [0.29, 0.717) is 36.6 Å². The van der Waals surface area contributed by atoms with E-state index in [1.54, 1.807) is 28.1 Å². The molecule has 3 atom stereocenters. The Morgan fingerprint density at radius 1 is 1.20 bits per heavy atom. The number of rotatable bonds is 6. The predicted molar refractivity (Wildman–Crippen MR) is 170 cm³/mol. The monoisotopic (exact) mass is 622 g/mol. The third-order valence-electron chi connectivity index (χ3n) is 8.49. The molecule has 0 aliphatic carbocycles. The van der Waals surface area contributed by atoms with Crippen molar-refractivity contribution in [3.05, 3.63) is 77.3 Å². The van der Waals surface area contributed by atoms with Crippen molar-refractivity contribution in [1.29, 1.82) is 0 Å². The molecule has 2 aliphatic rings. The van der Waals surface area contributed by atoms with Crippen molar-refractivity contribution < 1.29 is 22.7 Å². The zero-order valence-corrected chi connectivity index (χ0v) is 26.7. The molecule has 2 saturated heterocycles. The molecule has 0 saturated carbocycles. The van der Waals surface area contributed by atoms with Gasteiger partial charge in [-0.05, 0) is 91.4 Å². The smallest absolute Gasteiger partial charge is 0.410 e. The number of pyridine rings is 1. The summed E-state index contributed by atoms with van der Waals surface area (Å²) in [5.41, 5.74) is 1.67. The number of amides is 1. The minimum Gasteiger partial charge on any atom is -0.444 e. The van der Waals surface area contributed by atoms with E-state index >= 15 is 0 Å². The molecule has 2 aliphatic heterocycles. The van der Waals surface area contributed by atoms with Crippen molar-refractivity contribution in [2.45, 2.75) is 90.2 Å². The van der Waals surface area contributed by atoms with Crippen LogP contribution >= 0.6 is 0 Å². The first-order valence-corrected chi connectivity index (χ1v) is 15.3. The highest BCUT2D eigenvalue weighted by atomic mass is 19.1. The summed E-state index contributed by atoms with van der Waals surface area (Å²) >= 11 is 0. The molecule has 0 N–H and O–H groups in total. The highest BCUT2D eigenvalue weighted by Crippen LogP contribution is 2.41. The lowest BCUT2D eigenvalue weighted by molar-refractivity contribution is -0.0143. The van der Waals surface area contributed by atoms with Crippen LogP contribution < -0.4 is 4.90 Å². The minimum absolute atomic E-state index is 0.00515. The largest absolute Gasteiger partial charge is 0.444 e. The molecule has 0 radical (unpaired) electrons. The first-order chi connectivity index (χ1) is 21.2. The van der Waals surface area contributed by atoms with E-state index in [-0.39, 0.29) is 30.7 Å². The molecule has 0 spiro atoms. The van der Waals surface area contributed by atoms with Gasteiger partial charge in [0.05, 0.1) is 36.2 Å². The molecular formula is C34H41F3N6O2. The topological polar surface area (TPSA) is 75.9 Å². The first kappa shape index (κ1) is 32.2. The average molecular weight is 623 g/mol. The Morgan fingerprint density at radius 3 is 2.62 bits per heavy atom. The van der Waals surface area contributed by atoms with E-state index in [9.17, 15) is 18.0 Å². The summed E-state index contributed by atoms with van der Waals surface area (Å²) in [6.07, 6.45) is 5.49. The molecule has 5 rings (SSSR count). The van der Waals surface area contributed by atoms with Crippen LogP contribution in [-0.2, 0) is 4.74 Å². The minimum atomic E-state index is -1.23. The van der Waals surface area contributed by atoms with Gasteiger partial charge in [0.15, 0.2) is 0 Å². The van der Waals surface area contributed by atoms with E-state index < -0.39 is 35.0 Å². The lowest BCUT2D eigenvalue weighted by atomic mass is 9.87. The van der Waals surface area contributed by atoms with Crippen LogP contribution in [0.3, 0.4) is 0 Å². The van der Waals surface area contributed by atoms with Gasteiger partial charge >= 0.3 is 6.09 Å². The molecule has 0 bridgehead atoms. The number of anilines is 1. The van der Waals surface area contributed by atoms with Gasteiger partial charge in [-0.2, -0.15) is 5.10 Å². The van der Waals surface area contributed by atoms with Gasteiger partial charge in [-0.25, -0.2) is 22.9 Å².